The fourth-order valence-electron chi connectivity index (χ4n) is 1.97. The molecule has 2 heterocycles. The van der Waals surface area contributed by atoms with Gasteiger partial charge >= 0.3 is 5.97 Å². The fourth-order valence-corrected chi connectivity index (χ4v) is 3.14. The second-order valence-corrected chi connectivity index (χ2v) is 5.15. The van der Waals surface area contributed by atoms with Gasteiger partial charge in [-0.1, -0.05) is 0 Å². The predicted molar refractivity (Wildman–Crippen MR) is 62.8 cm³/mol. The van der Waals surface area contributed by atoms with Gasteiger partial charge in [-0.2, -0.15) is 0 Å². The summed E-state index contributed by atoms with van der Waals surface area (Å²) in [5, 5.41) is 12.2. The van der Waals surface area contributed by atoms with Gasteiger partial charge in [0.25, 0.3) is 0 Å². The third kappa shape index (κ3) is 3.11. The van der Waals surface area contributed by atoms with Crippen LogP contribution in [-0.2, 0) is 14.3 Å². The second kappa shape index (κ2) is 5.70. The fraction of sp³-hybridized carbons (Fsp3) is 0.800. The molecule has 2 unspecified atom stereocenters. The van der Waals surface area contributed by atoms with Crippen LogP contribution in [0.2, 0.25) is 0 Å². The number of carboxylic acids is 1. The number of nitrogens with zero attached hydrogens (tertiary/aromatic N) is 1. The average Bonchev–Trinajstić information content (AvgIpc) is 2.79. The molecule has 0 aromatic heterocycles. The molecule has 0 aliphatic carbocycles. The van der Waals surface area contributed by atoms with Gasteiger partial charge in [0.05, 0.1) is 19.1 Å². The van der Waals surface area contributed by atoms with Crippen LogP contribution in [0, 0.1) is 0 Å². The Morgan fingerprint density at radius 3 is 3.00 bits per heavy atom. The summed E-state index contributed by atoms with van der Waals surface area (Å²) in [6.45, 7) is 1.93. The SMILES string of the molecule is O=C(O)C1CSCN1C(=O)CC1COCCN1. The Labute approximate surface area is 104 Å². The lowest BCUT2D eigenvalue weighted by molar-refractivity contribution is -0.148. The Hall–Kier alpha value is -0.790. The van der Waals surface area contributed by atoms with Crippen LogP contribution in [0.15, 0.2) is 0 Å². The first-order valence-corrected chi connectivity index (χ1v) is 6.75. The van der Waals surface area contributed by atoms with Gasteiger partial charge in [-0.15, -0.1) is 11.8 Å². The molecule has 0 spiro atoms. The zero-order valence-corrected chi connectivity index (χ0v) is 10.2. The normalized spacial score (nSPS) is 29.3. The molecule has 96 valence electrons. The molecular weight excluding hydrogens is 244 g/mol. The van der Waals surface area contributed by atoms with E-state index in [2.05, 4.69) is 5.32 Å². The van der Waals surface area contributed by atoms with Crippen molar-refractivity contribution in [1.29, 1.82) is 0 Å². The molecule has 2 aliphatic heterocycles. The molecule has 2 N–H and O–H groups in total. The van der Waals surface area contributed by atoms with E-state index in [0.29, 0.717) is 31.3 Å². The number of amides is 1. The van der Waals surface area contributed by atoms with E-state index in [4.69, 9.17) is 9.84 Å². The molecule has 17 heavy (non-hydrogen) atoms. The quantitative estimate of drug-likeness (QED) is 0.702. The van der Waals surface area contributed by atoms with E-state index in [9.17, 15) is 9.59 Å². The lowest BCUT2D eigenvalue weighted by Crippen LogP contribution is -2.47. The van der Waals surface area contributed by atoms with Gasteiger partial charge < -0.3 is 20.1 Å². The summed E-state index contributed by atoms with van der Waals surface area (Å²) in [6, 6.07) is -0.659. The van der Waals surface area contributed by atoms with Crippen molar-refractivity contribution in [2.24, 2.45) is 0 Å². The van der Waals surface area contributed by atoms with Gasteiger partial charge in [0, 0.05) is 24.8 Å². The molecule has 0 aromatic carbocycles. The lowest BCUT2D eigenvalue weighted by Gasteiger charge is -2.26. The van der Waals surface area contributed by atoms with Crippen molar-refractivity contribution in [2.45, 2.75) is 18.5 Å². The highest BCUT2D eigenvalue weighted by atomic mass is 32.2. The first kappa shape index (κ1) is 12.7. The van der Waals surface area contributed by atoms with Crippen molar-refractivity contribution < 1.29 is 19.4 Å². The van der Waals surface area contributed by atoms with E-state index in [1.54, 1.807) is 0 Å². The summed E-state index contributed by atoms with van der Waals surface area (Å²) in [5.41, 5.74) is 0. The Morgan fingerprint density at radius 2 is 2.35 bits per heavy atom. The predicted octanol–water partition coefficient (Wildman–Crippen LogP) is -0.649. The van der Waals surface area contributed by atoms with E-state index in [1.807, 2.05) is 0 Å². The van der Waals surface area contributed by atoms with Crippen LogP contribution in [0.3, 0.4) is 0 Å². The number of nitrogens with one attached hydrogen (secondary N) is 1. The summed E-state index contributed by atoms with van der Waals surface area (Å²) < 4.78 is 5.27. The Morgan fingerprint density at radius 1 is 1.53 bits per heavy atom. The van der Waals surface area contributed by atoms with Gasteiger partial charge in [-0.3, -0.25) is 4.79 Å². The number of hydrogen-bond donors (Lipinski definition) is 2. The van der Waals surface area contributed by atoms with Crippen LogP contribution in [-0.4, -0.2) is 65.4 Å². The number of thioether (sulfide) groups is 1. The number of carboxylic acid groups (broad SMARTS) is 1. The molecule has 0 aromatic rings. The summed E-state index contributed by atoms with van der Waals surface area (Å²) >= 11 is 1.48. The third-order valence-corrected chi connectivity index (χ3v) is 3.92. The maximum absolute atomic E-state index is 12.0. The summed E-state index contributed by atoms with van der Waals surface area (Å²) in [7, 11) is 0. The molecule has 2 rings (SSSR count). The van der Waals surface area contributed by atoms with Crippen LogP contribution in [0.5, 0.6) is 0 Å². The topological polar surface area (TPSA) is 78.9 Å². The Balaban J connectivity index is 1.88. The van der Waals surface area contributed by atoms with Crippen LogP contribution >= 0.6 is 11.8 Å². The number of carbonyl (C=O) groups is 2. The third-order valence-electron chi connectivity index (χ3n) is 2.91. The summed E-state index contributed by atoms with van der Waals surface area (Å²) in [5.74, 6) is -0.0689. The molecule has 7 heteroatoms. The molecule has 1 amide bonds. The highest BCUT2D eigenvalue weighted by Gasteiger charge is 2.35. The zero-order valence-electron chi connectivity index (χ0n) is 9.42. The van der Waals surface area contributed by atoms with Crippen LogP contribution < -0.4 is 5.32 Å². The van der Waals surface area contributed by atoms with Gasteiger partial charge in [-0.25, -0.2) is 4.79 Å². The largest absolute Gasteiger partial charge is 0.480 e. The number of aliphatic carboxylic acids is 1. The zero-order chi connectivity index (χ0) is 12.3. The first-order valence-electron chi connectivity index (χ1n) is 5.59. The highest BCUT2D eigenvalue weighted by molar-refractivity contribution is 7.99. The first-order chi connectivity index (χ1) is 8.18. The minimum absolute atomic E-state index is 0.0105. The van der Waals surface area contributed by atoms with Gasteiger partial charge in [0.1, 0.15) is 6.04 Å². The van der Waals surface area contributed by atoms with Crippen LogP contribution in [0.25, 0.3) is 0 Å². The van der Waals surface area contributed by atoms with E-state index >= 15 is 0 Å². The minimum Gasteiger partial charge on any atom is -0.480 e. The van der Waals surface area contributed by atoms with E-state index in [-0.39, 0.29) is 11.9 Å². The van der Waals surface area contributed by atoms with Crippen molar-refractivity contribution >= 4 is 23.6 Å². The van der Waals surface area contributed by atoms with Gasteiger partial charge in [-0.05, 0) is 0 Å². The van der Waals surface area contributed by atoms with Crippen molar-refractivity contribution in [1.82, 2.24) is 10.2 Å². The van der Waals surface area contributed by atoms with E-state index < -0.39 is 12.0 Å². The van der Waals surface area contributed by atoms with Gasteiger partial charge in [0.15, 0.2) is 0 Å². The number of rotatable bonds is 3. The molecule has 0 saturated carbocycles. The average molecular weight is 260 g/mol. The monoisotopic (exact) mass is 260 g/mol. The number of carbonyl (C=O) groups excluding carboxylic acids is 1. The Kier molecular flexibility index (Phi) is 4.25. The standard InChI is InChI=1S/C10H16N2O4S/c13-9(3-7-4-16-2-1-11-7)12-6-17-5-8(12)10(14)15/h7-8,11H,1-6H2,(H,14,15). The van der Waals surface area contributed by atoms with Crippen molar-refractivity contribution in [3.05, 3.63) is 0 Å². The number of morpholine rings is 1. The maximum Gasteiger partial charge on any atom is 0.327 e. The van der Waals surface area contributed by atoms with Crippen molar-refractivity contribution in [3.63, 3.8) is 0 Å². The molecule has 2 saturated heterocycles. The second-order valence-electron chi connectivity index (χ2n) is 4.15. The van der Waals surface area contributed by atoms with Crippen molar-refractivity contribution in [2.75, 3.05) is 31.4 Å². The summed E-state index contributed by atoms with van der Waals surface area (Å²) in [6.07, 6.45) is 0.310. The molecule has 2 fully saturated rings. The van der Waals surface area contributed by atoms with Crippen molar-refractivity contribution in [3.8, 4) is 0 Å². The van der Waals surface area contributed by atoms with E-state index in [0.717, 1.165) is 6.54 Å². The number of ether oxygens (including phenoxy) is 1. The van der Waals surface area contributed by atoms with Gasteiger partial charge in [0.2, 0.25) is 5.91 Å². The number of hydrogen-bond acceptors (Lipinski definition) is 5. The molecule has 0 bridgehead atoms. The molecular formula is C10H16N2O4S. The minimum atomic E-state index is -0.920. The molecule has 6 nitrogen and oxygen atoms in total. The molecule has 0 radical (unpaired) electrons. The smallest absolute Gasteiger partial charge is 0.327 e. The van der Waals surface area contributed by atoms with E-state index in [1.165, 1.54) is 16.7 Å². The van der Waals surface area contributed by atoms with Crippen LogP contribution in [0.4, 0.5) is 0 Å². The Bertz CT molecular complexity index is 307. The molecule has 2 aliphatic rings. The maximum atomic E-state index is 12.0. The lowest BCUT2D eigenvalue weighted by atomic mass is 10.1. The van der Waals surface area contributed by atoms with Crippen LogP contribution in [0.1, 0.15) is 6.42 Å². The molecule has 2 atom stereocenters. The summed E-state index contributed by atoms with van der Waals surface area (Å²) in [4.78, 5) is 24.4. The highest BCUT2D eigenvalue weighted by Crippen LogP contribution is 2.22.